The highest BCUT2D eigenvalue weighted by molar-refractivity contribution is 7.98. The first-order chi connectivity index (χ1) is 13.6. The average molecular weight is 414 g/mol. The minimum absolute atomic E-state index is 0.00838. The third kappa shape index (κ3) is 4.18. The molecular weight excluding hydrogens is 398 g/mol. The molecule has 2 aromatic carbocycles. The first-order valence-corrected chi connectivity index (χ1v) is 9.94. The Morgan fingerprint density at radius 1 is 1.25 bits per heavy atom. The van der Waals surface area contributed by atoms with E-state index < -0.39 is 6.04 Å². The highest BCUT2D eigenvalue weighted by Crippen LogP contribution is 2.28. The van der Waals surface area contributed by atoms with Crippen molar-refractivity contribution in [2.45, 2.75) is 23.4 Å². The molecule has 142 valence electrons. The smallest absolute Gasteiger partial charge is 0.249 e. The Labute approximate surface area is 170 Å². The summed E-state index contributed by atoms with van der Waals surface area (Å²) in [6.45, 7) is 0. The van der Waals surface area contributed by atoms with Gasteiger partial charge in [0.25, 0.3) is 0 Å². The molecule has 4 rings (SSSR count). The zero-order chi connectivity index (χ0) is 19.5. The number of nitrogens with one attached hydrogen (secondary N) is 2. The lowest BCUT2D eigenvalue weighted by atomic mass is 10.1. The minimum atomic E-state index is -0.777. The van der Waals surface area contributed by atoms with Crippen LogP contribution in [0.3, 0.4) is 0 Å². The molecule has 0 fully saturated rings. The molecule has 0 saturated heterocycles. The summed E-state index contributed by atoms with van der Waals surface area (Å²) in [7, 11) is 0. The molecule has 2 heterocycles. The van der Waals surface area contributed by atoms with Gasteiger partial charge < -0.3 is 5.32 Å². The van der Waals surface area contributed by atoms with Crippen molar-refractivity contribution in [3.8, 4) is 0 Å². The van der Waals surface area contributed by atoms with Gasteiger partial charge in [0.05, 0.1) is 6.42 Å². The zero-order valence-electron chi connectivity index (χ0n) is 14.6. The second kappa shape index (κ2) is 8.04. The van der Waals surface area contributed by atoms with Crippen molar-refractivity contribution in [3.05, 3.63) is 65.2 Å². The standard InChI is InChI=1S/C19H16ClN5O2S/c20-13-7-4-8-14(9-13)21-17(27)15-10-16(26)22-18-23-19(24-25(15)18)28-11-12-5-2-1-3-6-12/h1-9,15H,10-11H2,(H,21,27)(H,22,23,24,26)/t15-/m1/s1. The van der Waals surface area contributed by atoms with Gasteiger partial charge in [-0.15, -0.1) is 5.10 Å². The number of halogens is 1. The van der Waals surface area contributed by atoms with Gasteiger partial charge in [0.15, 0.2) is 0 Å². The van der Waals surface area contributed by atoms with Crippen LogP contribution in [0.15, 0.2) is 59.8 Å². The van der Waals surface area contributed by atoms with Crippen LogP contribution in [-0.2, 0) is 15.3 Å². The summed E-state index contributed by atoms with van der Waals surface area (Å²) in [6.07, 6.45) is -0.00838. The molecule has 0 saturated carbocycles. The number of nitrogens with zero attached hydrogens (tertiary/aromatic N) is 3. The summed E-state index contributed by atoms with van der Waals surface area (Å²) in [4.78, 5) is 29.1. The van der Waals surface area contributed by atoms with E-state index in [1.165, 1.54) is 16.4 Å². The maximum Gasteiger partial charge on any atom is 0.249 e. The van der Waals surface area contributed by atoms with E-state index in [1.807, 2.05) is 30.3 Å². The van der Waals surface area contributed by atoms with Gasteiger partial charge in [-0.05, 0) is 23.8 Å². The van der Waals surface area contributed by atoms with E-state index in [9.17, 15) is 9.59 Å². The Morgan fingerprint density at radius 3 is 2.86 bits per heavy atom. The zero-order valence-corrected chi connectivity index (χ0v) is 16.2. The van der Waals surface area contributed by atoms with Crippen molar-refractivity contribution in [1.82, 2.24) is 14.8 Å². The van der Waals surface area contributed by atoms with E-state index in [-0.39, 0.29) is 24.2 Å². The van der Waals surface area contributed by atoms with E-state index in [1.54, 1.807) is 24.3 Å². The molecule has 1 aliphatic heterocycles. The third-order valence-corrected chi connectivity index (χ3v) is 5.29. The first kappa shape index (κ1) is 18.5. The minimum Gasteiger partial charge on any atom is -0.324 e. The normalized spacial score (nSPS) is 15.6. The third-order valence-electron chi connectivity index (χ3n) is 4.14. The first-order valence-electron chi connectivity index (χ1n) is 8.58. The Balaban J connectivity index is 1.52. The fourth-order valence-corrected chi connectivity index (χ4v) is 3.80. The van der Waals surface area contributed by atoms with Crippen LogP contribution in [0.2, 0.25) is 5.02 Å². The van der Waals surface area contributed by atoms with Gasteiger partial charge in [0, 0.05) is 16.5 Å². The van der Waals surface area contributed by atoms with Crippen molar-refractivity contribution in [2.24, 2.45) is 0 Å². The predicted molar refractivity (Wildman–Crippen MR) is 108 cm³/mol. The molecule has 1 atom stereocenters. The summed E-state index contributed by atoms with van der Waals surface area (Å²) in [6, 6.07) is 16.0. The van der Waals surface area contributed by atoms with Crippen molar-refractivity contribution in [1.29, 1.82) is 0 Å². The van der Waals surface area contributed by atoms with Gasteiger partial charge in [-0.25, -0.2) is 4.68 Å². The molecule has 28 heavy (non-hydrogen) atoms. The second-order valence-electron chi connectivity index (χ2n) is 6.20. The van der Waals surface area contributed by atoms with Crippen LogP contribution in [-0.4, -0.2) is 26.6 Å². The lowest BCUT2D eigenvalue weighted by Gasteiger charge is -2.22. The molecule has 9 heteroatoms. The van der Waals surface area contributed by atoms with Crippen molar-refractivity contribution in [2.75, 3.05) is 10.6 Å². The quantitative estimate of drug-likeness (QED) is 0.622. The highest BCUT2D eigenvalue weighted by Gasteiger charge is 2.33. The number of thioether (sulfide) groups is 1. The fourth-order valence-electron chi connectivity index (χ4n) is 2.82. The molecular formula is C19H16ClN5O2S. The number of benzene rings is 2. The number of hydrogen-bond acceptors (Lipinski definition) is 5. The monoisotopic (exact) mass is 413 g/mol. The summed E-state index contributed by atoms with van der Waals surface area (Å²) >= 11 is 7.41. The topological polar surface area (TPSA) is 88.9 Å². The predicted octanol–water partition coefficient (Wildman–Crippen LogP) is 3.75. The number of fused-ring (bicyclic) bond motifs is 1. The summed E-state index contributed by atoms with van der Waals surface area (Å²) in [5, 5.41) is 10.9. The van der Waals surface area contributed by atoms with Crippen LogP contribution in [0.5, 0.6) is 0 Å². The highest BCUT2D eigenvalue weighted by atomic mass is 35.5. The molecule has 2 amide bonds. The van der Waals surface area contributed by atoms with E-state index in [4.69, 9.17) is 11.6 Å². The SMILES string of the molecule is O=C1C[C@H](C(=O)Nc2cccc(Cl)c2)n2nc(SCc3ccccc3)nc2N1. The van der Waals surface area contributed by atoms with Gasteiger partial charge >= 0.3 is 0 Å². The fraction of sp³-hybridized carbons (Fsp3) is 0.158. The largest absolute Gasteiger partial charge is 0.324 e. The van der Waals surface area contributed by atoms with E-state index in [0.29, 0.717) is 21.6 Å². The molecule has 3 aromatic rings. The number of anilines is 2. The van der Waals surface area contributed by atoms with Crippen molar-refractivity contribution >= 4 is 46.8 Å². The van der Waals surface area contributed by atoms with Crippen LogP contribution in [0.1, 0.15) is 18.0 Å². The van der Waals surface area contributed by atoms with Crippen LogP contribution in [0.25, 0.3) is 0 Å². The van der Waals surface area contributed by atoms with E-state index in [0.717, 1.165) is 5.56 Å². The maximum atomic E-state index is 12.7. The van der Waals surface area contributed by atoms with Crippen LogP contribution in [0.4, 0.5) is 11.6 Å². The number of aromatic nitrogens is 3. The lowest BCUT2D eigenvalue weighted by molar-refractivity contribution is -0.125. The van der Waals surface area contributed by atoms with Gasteiger partial charge in [-0.1, -0.05) is 59.8 Å². The molecule has 0 unspecified atom stereocenters. The maximum absolute atomic E-state index is 12.7. The Bertz CT molecular complexity index is 1020. The van der Waals surface area contributed by atoms with E-state index >= 15 is 0 Å². The second-order valence-corrected chi connectivity index (χ2v) is 7.58. The summed E-state index contributed by atoms with van der Waals surface area (Å²) < 4.78 is 1.47. The van der Waals surface area contributed by atoms with Gasteiger partial charge in [0.2, 0.25) is 22.9 Å². The van der Waals surface area contributed by atoms with Gasteiger partial charge in [-0.3, -0.25) is 14.9 Å². The Morgan fingerprint density at radius 2 is 2.07 bits per heavy atom. The van der Waals surface area contributed by atoms with Crippen LogP contribution < -0.4 is 10.6 Å². The lowest BCUT2D eigenvalue weighted by Crippen LogP contribution is -2.36. The number of amides is 2. The molecule has 0 bridgehead atoms. The Hall–Kier alpha value is -2.84. The molecule has 7 nitrogen and oxygen atoms in total. The van der Waals surface area contributed by atoms with Crippen molar-refractivity contribution < 1.29 is 9.59 Å². The average Bonchev–Trinajstić information content (AvgIpc) is 3.09. The van der Waals surface area contributed by atoms with Crippen LogP contribution in [0, 0.1) is 0 Å². The molecule has 0 radical (unpaired) electrons. The Kier molecular flexibility index (Phi) is 5.31. The van der Waals surface area contributed by atoms with Crippen molar-refractivity contribution in [3.63, 3.8) is 0 Å². The summed E-state index contributed by atoms with van der Waals surface area (Å²) in [5.74, 6) is 0.351. The molecule has 0 aliphatic carbocycles. The van der Waals surface area contributed by atoms with Gasteiger partial charge in [-0.2, -0.15) is 4.98 Å². The molecule has 1 aliphatic rings. The van der Waals surface area contributed by atoms with Crippen LogP contribution >= 0.6 is 23.4 Å². The number of hydrogen-bond donors (Lipinski definition) is 2. The number of carbonyl (C=O) groups excluding carboxylic acids is 2. The molecule has 2 N–H and O–H groups in total. The molecule has 1 aromatic heterocycles. The van der Waals surface area contributed by atoms with E-state index in [2.05, 4.69) is 20.7 Å². The van der Waals surface area contributed by atoms with Gasteiger partial charge in [0.1, 0.15) is 6.04 Å². The summed E-state index contributed by atoms with van der Waals surface area (Å²) in [5.41, 5.74) is 1.70. The molecule has 0 spiro atoms. The number of carbonyl (C=O) groups is 2. The number of rotatable bonds is 5.